The van der Waals surface area contributed by atoms with E-state index in [1.165, 1.54) is 0 Å². The predicted octanol–water partition coefficient (Wildman–Crippen LogP) is 4.38. The Balaban J connectivity index is 1.61. The smallest absolute Gasteiger partial charge is 0.242 e. The third kappa shape index (κ3) is 4.20. The number of hydrogen-bond acceptors (Lipinski definition) is 6. The van der Waals surface area contributed by atoms with Gasteiger partial charge in [0.1, 0.15) is 11.8 Å². The van der Waals surface area contributed by atoms with Crippen LogP contribution in [0.4, 0.5) is 0 Å². The summed E-state index contributed by atoms with van der Waals surface area (Å²) < 4.78 is 5.65. The number of ether oxygens (including phenoxy) is 1. The van der Waals surface area contributed by atoms with Gasteiger partial charge in [-0.05, 0) is 54.8 Å². The second-order valence-corrected chi connectivity index (χ2v) is 9.45. The molecule has 5 rings (SSSR count). The van der Waals surface area contributed by atoms with E-state index >= 15 is 0 Å². The van der Waals surface area contributed by atoms with Crippen molar-refractivity contribution >= 4 is 17.5 Å². The molecule has 2 saturated heterocycles. The van der Waals surface area contributed by atoms with E-state index < -0.39 is 6.04 Å². The Labute approximate surface area is 209 Å². The van der Waals surface area contributed by atoms with Gasteiger partial charge < -0.3 is 19.8 Å². The Bertz CT molecular complexity index is 1250. The van der Waals surface area contributed by atoms with Gasteiger partial charge in [-0.1, -0.05) is 48.0 Å². The molecule has 2 heterocycles. The van der Waals surface area contributed by atoms with Gasteiger partial charge in [0.25, 0.3) is 0 Å². The number of amides is 1. The van der Waals surface area contributed by atoms with E-state index in [0.717, 1.165) is 16.7 Å². The number of aryl methyl sites for hydroxylation is 1. The largest absolute Gasteiger partial charge is 0.508 e. The topological polar surface area (TPSA) is 94.1 Å². The highest BCUT2D eigenvalue weighted by Crippen LogP contribution is 2.50. The maximum atomic E-state index is 13.7. The van der Waals surface area contributed by atoms with Crippen LogP contribution in [0.25, 0.3) is 0 Å². The van der Waals surface area contributed by atoms with Crippen molar-refractivity contribution in [1.82, 2.24) is 15.8 Å². The van der Waals surface area contributed by atoms with Crippen molar-refractivity contribution in [3.8, 4) is 17.2 Å². The standard InChI is InChI=1S/C27H28ClN3O4/c1-3-35-22-12-17(9-10-20(22)32)26-23-24(18-13-19(28)15(2)11-21(18)33)29-30-25(23)27(34)31(26)14-16-7-5-4-6-8-16/h4-13,23-26,29-30,32-33H,3,14H2,1-2H3. The number of likely N-dealkylation sites (tertiary alicyclic amines) is 1. The summed E-state index contributed by atoms with van der Waals surface area (Å²) in [6.45, 7) is 4.52. The first-order chi connectivity index (χ1) is 16.9. The molecule has 0 saturated carbocycles. The first kappa shape index (κ1) is 23.5. The molecule has 2 aliphatic heterocycles. The summed E-state index contributed by atoms with van der Waals surface area (Å²) in [6, 6.07) is 17.3. The number of fused-ring (bicyclic) bond motifs is 1. The Morgan fingerprint density at radius 2 is 1.74 bits per heavy atom. The van der Waals surface area contributed by atoms with Gasteiger partial charge in [-0.15, -0.1) is 0 Å². The number of nitrogens with one attached hydrogen (secondary N) is 2. The molecule has 3 aromatic rings. The normalized spacial score (nSPS) is 23.5. The highest BCUT2D eigenvalue weighted by atomic mass is 35.5. The van der Waals surface area contributed by atoms with Gasteiger partial charge in [0, 0.05) is 23.0 Å². The van der Waals surface area contributed by atoms with Crippen LogP contribution in [0.3, 0.4) is 0 Å². The Kier molecular flexibility index (Phi) is 6.32. The SMILES string of the molecule is CCOc1cc(C2C3C(NNC3c3cc(Cl)c(C)cc3O)C(=O)N2Cc2ccccc2)ccc1O. The van der Waals surface area contributed by atoms with Gasteiger partial charge in [-0.2, -0.15) is 0 Å². The minimum atomic E-state index is -0.502. The van der Waals surface area contributed by atoms with Crippen LogP contribution in [0.2, 0.25) is 5.02 Å². The maximum absolute atomic E-state index is 13.7. The molecule has 35 heavy (non-hydrogen) atoms. The van der Waals surface area contributed by atoms with Crippen LogP contribution in [0.5, 0.6) is 17.2 Å². The number of hydrazine groups is 1. The maximum Gasteiger partial charge on any atom is 0.242 e. The highest BCUT2D eigenvalue weighted by molar-refractivity contribution is 6.31. The molecule has 0 bridgehead atoms. The number of nitrogens with zero attached hydrogens (tertiary/aromatic N) is 1. The van der Waals surface area contributed by atoms with E-state index in [9.17, 15) is 15.0 Å². The van der Waals surface area contributed by atoms with Crippen LogP contribution >= 0.6 is 11.6 Å². The van der Waals surface area contributed by atoms with Crippen molar-refractivity contribution in [2.24, 2.45) is 5.92 Å². The van der Waals surface area contributed by atoms with E-state index in [2.05, 4.69) is 10.9 Å². The predicted molar refractivity (Wildman–Crippen MR) is 133 cm³/mol. The van der Waals surface area contributed by atoms with Crippen LogP contribution in [-0.4, -0.2) is 33.7 Å². The van der Waals surface area contributed by atoms with Crippen molar-refractivity contribution in [1.29, 1.82) is 0 Å². The first-order valence-electron chi connectivity index (χ1n) is 11.7. The fourth-order valence-electron chi connectivity index (χ4n) is 5.24. The summed E-state index contributed by atoms with van der Waals surface area (Å²) in [4.78, 5) is 15.6. The molecule has 0 aliphatic carbocycles. The number of hydrogen-bond donors (Lipinski definition) is 4. The molecule has 182 valence electrons. The lowest BCUT2D eigenvalue weighted by atomic mass is 9.82. The molecule has 0 spiro atoms. The summed E-state index contributed by atoms with van der Waals surface area (Å²) in [7, 11) is 0. The van der Waals surface area contributed by atoms with Gasteiger partial charge >= 0.3 is 0 Å². The number of carbonyl (C=O) groups is 1. The summed E-state index contributed by atoms with van der Waals surface area (Å²) >= 11 is 6.42. The molecule has 4 atom stereocenters. The second-order valence-electron chi connectivity index (χ2n) is 9.04. The lowest BCUT2D eigenvalue weighted by molar-refractivity contribution is -0.131. The van der Waals surface area contributed by atoms with Crippen molar-refractivity contribution in [3.63, 3.8) is 0 Å². The monoisotopic (exact) mass is 493 g/mol. The lowest BCUT2D eigenvalue weighted by Crippen LogP contribution is -2.41. The molecule has 7 nitrogen and oxygen atoms in total. The summed E-state index contributed by atoms with van der Waals surface area (Å²) in [6.07, 6.45) is 0. The Hall–Kier alpha value is -3.26. The van der Waals surface area contributed by atoms with Gasteiger partial charge in [0.2, 0.25) is 5.91 Å². The molecule has 4 N–H and O–H groups in total. The van der Waals surface area contributed by atoms with Crippen LogP contribution in [0.15, 0.2) is 60.7 Å². The Morgan fingerprint density at radius 3 is 2.49 bits per heavy atom. The zero-order chi connectivity index (χ0) is 24.7. The summed E-state index contributed by atoms with van der Waals surface area (Å²) in [5.74, 6) is 0.253. The molecule has 2 aliphatic rings. The van der Waals surface area contributed by atoms with Crippen LogP contribution in [0, 0.1) is 12.8 Å². The molecule has 1 amide bonds. The minimum Gasteiger partial charge on any atom is -0.508 e. The fourth-order valence-corrected chi connectivity index (χ4v) is 5.41. The Morgan fingerprint density at radius 1 is 1.00 bits per heavy atom. The molecule has 0 aromatic heterocycles. The van der Waals surface area contributed by atoms with E-state index in [0.29, 0.717) is 29.5 Å². The summed E-state index contributed by atoms with van der Waals surface area (Å²) in [5, 5.41) is 21.6. The number of halogens is 1. The van der Waals surface area contributed by atoms with Gasteiger partial charge in [-0.3, -0.25) is 4.79 Å². The van der Waals surface area contributed by atoms with E-state index in [1.807, 2.05) is 55.1 Å². The first-order valence-corrected chi connectivity index (χ1v) is 12.1. The van der Waals surface area contributed by atoms with Crippen molar-refractivity contribution < 1.29 is 19.7 Å². The average molecular weight is 494 g/mol. The van der Waals surface area contributed by atoms with Crippen molar-refractivity contribution in [3.05, 3.63) is 87.9 Å². The number of rotatable bonds is 6. The van der Waals surface area contributed by atoms with Crippen molar-refractivity contribution in [2.75, 3.05) is 6.61 Å². The fraction of sp³-hybridized carbons (Fsp3) is 0.296. The van der Waals surface area contributed by atoms with Crippen molar-refractivity contribution in [2.45, 2.75) is 38.5 Å². The molecule has 8 heteroatoms. The quantitative estimate of drug-likeness (QED) is 0.407. The van der Waals surface area contributed by atoms with E-state index in [4.69, 9.17) is 16.3 Å². The lowest BCUT2D eigenvalue weighted by Gasteiger charge is -2.32. The van der Waals surface area contributed by atoms with Crippen LogP contribution in [-0.2, 0) is 11.3 Å². The minimum absolute atomic E-state index is 0.0393. The molecular formula is C27H28ClN3O4. The number of phenols is 2. The number of carbonyl (C=O) groups excluding carboxylic acids is 1. The van der Waals surface area contributed by atoms with E-state index in [1.54, 1.807) is 24.3 Å². The molecular weight excluding hydrogens is 466 g/mol. The molecule has 0 radical (unpaired) electrons. The van der Waals surface area contributed by atoms with E-state index in [-0.39, 0.29) is 35.4 Å². The van der Waals surface area contributed by atoms with Crippen LogP contribution < -0.4 is 15.6 Å². The number of aromatic hydroxyl groups is 2. The number of benzene rings is 3. The zero-order valence-corrected chi connectivity index (χ0v) is 20.3. The summed E-state index contributed by atoms with van der Waals surface area (Å²) in [5.41, 5.74) is 9.66. The second kappa shape index (κ2) is 9.41. The average Bonchev–Trinajstić information content (AvgIpc) is 3.38. The third-order valence-corrected chi connectivity index (χ3v) is 7.28. The molecule has 2 fully saturated rings. The van der Waals surface area contributed by atoms with Gasteiger partial charge in [-0.25, -0.2) is 10.9 Å². The third-order valence-electron chi connectivity index (χ3n) is 6.88. The van der Waals surface area contributed by atoms with Gasteiger partial charge in [0.15, 0.2) is 11.5 Å². The highest BCUT2D eigenvalue weighted by Gasteiger charge is 2.56. The number of phenolic OH excluding ortho intramolecular Hbond substituents is 2. The zero-order valence-electron chi connectivity index (χ0n) is 19.5. The molecule has 3 aromatic carbocycles. The molecule has 4 unspecified atom stereocenters. The van der Waals surface area contributed by atoms with Crippen LogP contribution in [0.1, 0.15) is 41.3 Å². The van der Waals surface area contributed by atoms with Gasteiger partial charge in [0.05, 0.1) is 18.7 Å².